The summed E-state index contributed by atoms with van der Waals surface area (Å²) in [4.78, 5) is 48.1. The Kier molecular flexibility index (Phi) is 13.2. The number of nitrogens with one attached hydrogen (secondary N) is 1. The van der Waals surface area contributed by atoms with Gasteiger partial charge in [0.1, 0.15) is 12.4 Å². The van der Waals surface area contributed by atoms with Crippen LogP contribution in [0.3, 0.4) is 0 Å². The van der Waals surface area contributed by atoms with Crippen LogP contribution < -0.4 is 5.32 Å². The highest BCUT2D eigenvalue weighted by atomic mass is 16.5. The van der Waals surface area contributed by atoms with Gasteiger partial charge in [-0.05, 0) is 12.8 Å². The molecule has 0 aromatic rings. The van der Waals surface area contributed by atoms with E-state index in [0.29, 0.717) is 19.5 Å². The normalized spacial score (nSPS) is 10.8. The van der Waals surface area contributed by atoms with Crippen LogP contribution in [0.15, 0.2) is 0 Å². The van der Waals surface area contributed by atoms with Crippen LogP contribution in [0.5, 0.6) is 0 Å². The summed E-state index contributed by atoms with van der Waals surface area (Å²) in [5.41, 5.74) is 0. The Hall–Kier alpha value is -1.92. The molecular weight excluding hydrogens is 348 g/mol. The molecule has 0 aromatic heterocycles. The second-order valence-electron chi connectivity index (χ2n) is 7.35. The third-order valence-corrected chi connectivity index (χ3v) is 4.15. The van der Waals surface area contributed by atoms with Crippen molar-refractivity contribution in [2.45, 2.75) is 66.7 Å². The van der Waals surface area contributed by atoms with E-state index in [1.165, 1.54) is 6.92 Å². The third-order valence-electron chi connectivity index (χ3n) is 4.15. The molecule has 0 aromatic carbocycles. The summed E-state index contributed by atoms with van der Waals surface area (Å²) < 4.78 is 4.89. The van der Waals surface area contributed by atoms with Crippen molar-refractivity contribution in [3.05, 3.63) is 0 Å². The third kappa shape index (κ3) is 13.0. The van der Waals surface area contributed by atoms with Crippen molar-refractivity contribution < 1.29 is 23.9 Å². The molecule has 7 nitrogen and oxygen atoms in total. The van der Waals surface area contributed by atoms with Crippen LogP contribution in [0.1, 0.15) is 66.7 Å². The lowest BCUT2D eigenvalue weighted by molar-refractivity contribution is -0.144. The van der Waals surface area contributed by atoms with E-state index in [1.807, 2.05) is 13.8 Å². The van der Waals surface area contributed by atoms with Crippen LogP contribution in [-0.4, -0.2) is 54.7 Å². The number of nitrogens with zero attached hydrogens (tertiary/aromatic N) is 1. The van der Waals surface area contributed by atoms with Gasteiger partial charge in [-0.25, -0.2) is 0 Å². The van der Waals surface area contributed by atoms with E-state index in [-0.39, 0.29) is 55.0 Å². The van der Waals surface area contributed by atoms with Crippen LogP contribution in [0.2, 0.25) is 0 Å². The van der Waals surface area contributed by atoms with Gasteiger partial charge in [-0.2, -0.15) is 0 Å². The Bertz CT molecular complexity index is 489. The standard InChI is InChI=1S/C20H36N2O5/c1-15(2)18(24)9-7-6-8-11-21-19(25)10-12-22(20(26)16(3)4)13-14-27-17(5)23/h15-16H,6-14H2,1-5H3,(H,21,25). The first kappa shape index (κ1) is 25.1. The molecule has 0 aliphatic heterocycles. The van der Waals surface area contributed by atoms with Crippen molar-refractivity contribution in [3.8, 4) is 0 Å². The average Bonchev–Trinajstić information content (AvgIpc) is 2.59. The summed E-state index contributed by atoms with van der Waals surface area (Å²) in [5, 5.41) is 2.84. The minimum atomic E-state index is -0.389. The van der Waals surface area contributed by atoms with Gasteiger partial charge >= 0.3 is 5.97 Å². The number of rotatable bonds is 14. The minimum Gasteiger partial charge on any atom is -0.464 e. The number of ketones is 1. The van der Waals surface area contributed by atoms with E-state index in [4.69, 9.17) is 4.74 Å². The average molecular weight is 385 g/mol. The van der Waals surface area contributed by atoms with Gasteiger partial charge in [0.2, 0.25) is 11.8 Å². The molecule has 156 valence electrons. The summed E-state index contributed by atoms with van der Waals surface area (Å²) in [6.07, 6.45) is 3.39. The van der Waals surface area contributed by atoms with E-state index in [0.717, 1.165) is 19.3 Å². The largest absolute Gasteiger partial charge is 0.464 e. The Labute approximate surface area is 163 Å². The monoisotopic (exact) mass is 384 g/mol. The number of amides is 2. The van der Waals surface area contributed by atoms with Gasteiger partial charge in [-0.1, -0.05) is 34.1 Å². The smallest absolute Gasteiger partial charge is 0.302 e. The molecule has 0 aliphatic carbocycles. The van der Waals surface area contributed by atoms with E-state index in [2.05, 4.69) is 5.32 Å². The van der Waals surface area contributed by atoms with Crippen LogP contribution in [0.25, 0.3) is 0 Å². The fourth-order valence-corrected chi connectivity index (χ4v) is 2.44. The molecule has 1 N–H and O–H groups in total. The van der Waals surface area contributed by atoms with Crippen molar-refractivity contribution in [2.75, 3.05) is 26.2 Å². The molecule has 0 rings (SSSR count). The number of carbonyl (C=O) groups excluding carboxylic acids is 4. The van der Waals surface area contributed by atoms with E-state index in [1.54, 1.807) is 18.7 Å². The predicted molar refractivity (Wildman–Crippen MR) is 104 cm³/mol. The Balaban J connectivity index is 4.05. The zero-order valence-corrected chi connectivity index (χ0v) is 17.5. The molecule has 7 heteroatoms. The molecule has 0 aliphatic rings. The zero-order chi connectivity index (χ0) is 20.8. The van der Waals surface area contributed by atoms with Crippen molar-refractivity contribution in [1.82, 2.24) is 10.2 Å². The van der Waals surface area contributed by atoms with Gasteiger partial charge in [0.05, 0.1) is 6.54 Å². The number of esters is 1. The topological polar surface area (TPSA) is 92.8 Å². The molecule has 0 heterocycles. The molecule has 0 saturated heterocycles. The zero-order valence-electron chi connectivity index (χ0n) is 17.5. The lowest BCUT2D eigenvalue weighted by Gasteiger charge is -2.24. The lowest BCUT2D eigenvalue weighted by Crippen LogP contribution is -2.39. The second kappa shape index (κ2) is 14.2. The Morgan fingerprint density at radius 1 is 0.889 bits per heavy atom. The molecule has 2 amide bonds. The highest BCUT2D eigenvalue weighted by Gasteiger charge is 2.18. The van der Waals surface area contributed by atoms with Gasteiger partial charge in [0.25, 0.3) is 0 Å². The number of carbonyl (C=O) groups is 4. The molecule has 27 heavy (non-hydrogen) atoms. The maximum atomic E-state index is 12.2. The summed E-state index contributed by atoms with van der Waals surface area (Å²) >= 11 is 0. The molecule has 0 radical (unpaired) electrons. The van der Waals surface area contributed by atoms with Gasteiger partial charge in [-0.15, -0.1) is 0 Å². The van der Waals surface area contributed by atoms with Crippen LogP contribution in [0, 0.1) is 11.8 Å². The quantitative estimate of drug-likeness (QED) is 0.366. The summed E-state index contributed by atoms with van der Waals surface area (Å²) in [6.45, 7) is 10.0. The summed E-state index contributed by atoms with van der Waals surface area (Å²) in [6, 6.07) is 0. The van der Waals surface area contributed by atoms with Crippen molar-refractivity contribution in [1.29, 1.82) is 0 Å². The van der Waals surface area contributed by atoms with Crippen LogP contribution in [-0.2, 0) is 23.9 Å². The number of unbranched alkanes of at least 4 members (excludes halogenated alkanes) is 2. The van der Waals surface area contributed by atoms with Crippen LogP contribution in [0.4, 0.5) is 0 Å². The molecule has 0 atom stereocenters. The van der Waals surface area contributed by atoms with E-state index in [9.17, 15) is 19.2 Å². The van der Waals surface area contributed by atoms with Gasteiger partial charge < -0.3 is 15.0 Å². The van der Waals surface area contributed by atoms with Crippen molar-refractivity contribution in [3.63, 3.8) is 0 Å². The Morgan fingerprint density at radius 2 is 1.56 bits per heavy atom. The van der Waals surface area contributed by atoms with E-state index >= 15 is 0 Å². The van der Waals surface area contributed by atoms with Gasteiger partial charge in [-0.3, -0.25) is 19.2 Å². The van der Waals surface area contributed by atoms with Crippen molar-refractivity contribution >= 4 is 23.6 Å². The lowest BCUT2D eigenvalue weighted by atomic mass is 10.0. The fourth-order valence-electron chi connectivity index (χ4n) is 2.44. The number of hydrogen-bond acceptors (Lipinski definition) is 5. The van der Waals surface area contributed by atoms with Crippen molar-refractivity contribution in [2.24, 2.45) is 11.8 Å². The molecule has 0 fully saturated rings. The maximum Gasteiger partial charge on any atom is 0.302 e. The van der Waals surface area contributed by atoms with Crippen LogP contribution >= 0.6 is 0 Å². The number of hydrogen-bond donors (Lipinski definition) is 1. The minimum absolute atomic E-state index is 0.0650. The summed E-state index contributed by atoms with van der Waals surface area (Å²) in [5.74, 6) is -0.379. The number of ether oxygens (including phenoxy) is 1. The molecule has 0 bridgehead atoms. The maximum absolute atomic E-state index is 12.2. The second-order valence-corrected chi connectivity index (χ2v) is 7.35. The van der Waals surface area contributed by atoms with Gasteiger partial charge in [0.15, 0.2) is 0 Å². The molecule has 0 saturated carbocycles. The first-order valence-corrected chi connectivity index (χ1v) is 9.86. The highest BCUT2D eigenvalue weighted by Crippen LogP contribution is 2.06. The Morgan fingerprint density at radius 3 is 2.11 bits per heavy atom. The number of Topliss-reactive ketones (excluding diaryl/α,β-unsaturated/α-hetero) is 1. The highest BCUT2D eigenvalue weighted by molar-refractivity contribution is 5.80. The molecular formula is C20H36N2O5. The first-order valence-electron chi connectivity index (χ1n) is 9.86. The van der Waals surface area contributed by atoms with Gasteiger partial charge in [0, 0.05) is 44.7 Å². The molecule has 0 unspecified atom stereocenters. The molecule has 0 spiro atoms. The van der Waals surface area contributed by atoms with E-state index < -0.39 is 0 Å². The fraction of sp³-hybridized carbons (Fsp3) is 0.800. The SMILES string of the molecule is CC(=O)OCCN(CCC(=O)NCCCCCC(=O)C(C)C)C(=O)C(C)C. The summed E-state index contributed by atoms with van der Waals surface area (Å²) in [7, 11) is 0. The first-order chi connectivity index (χ1) is 12.6. The predicted octanol–water partition coefficient (Wildman–Crippen LogP) is 2.33.